The number of nitrogens with zero attached hydrogens (tertiary/aromatic N) is 2. The standard InChI is InChI=1S/C20H16N2O3/c1-15-14-21(13-12-16-8-4-2-5-9-16)20(25)22(18(15)23)19(24)17-10-6-3-7-11-17/h2-14H,1H3/b13-12+. The molecule has 0 bridgehead atoms. The van der Waals surface area contributed by atoms with Crippen LogP contribution in [0.5, 0.6) is 0 Å². The first-order valence-electron chi connectivity index (χ1n) is 7.76. The molecule has 0 atom stereocenters. The molecular weight excluding hydrogens is 316 g/mol. The maximum atomic E-state index is 12.6. The van der Waals surface area contributed by atoms with Crippen molar-refractivity contribution >= 4 is 18.2 Å². The van der Waals surface area contributed by atoms with Crippen LogP contribution in [0.3, 0.4) is 0 Å². The molecule has 5 heteroatoms. The monoisotopic (exact) mass is 332 g/mol. The maximum absolute atomic E-state index is 12.6. The Morgan fingerprint density at radius 1 is 0.920 bits per heavy atom. The van der Waals surface area contributed by atoms with Crippen molar-refractivity contribution in [3.63, 3.8) is 0 Å². The van der Waals surface area contributed by atoms with Crippen LogP contribution in [0.25, 0.3) is 12.3 Å². The van der Waals surface area contributed by atoms with Gasteiger partial charge in [0, 0.05) is 23.5 Å². The molecular formula is C20H16N2O3. The van der Waals surface area contributed by atoms with E-state index in [4.69, 9.17) is 0 Å². The van der Waals surface area contributed by atoms with E-state index in [-0.39, 0.29) is 5.56 Å². The number of rotatable bonds is 3. The molecule has 0 unspecified atom stereocenters. The Balaban J connectivity index is 2.10. The smallest absolute Gasteiger partial charge is 0.275 e. The zero-order valence-electron chi connectivity index (χ0n) is 13.6. The summed E-state index contributed by atoms with van der Waals surface area (Å²) in [5.74, 6) is -0.638. The van der Waals surface area contributed by atoms with Gasteiger partial charge in [-0.25, -0.2) is 4.79 Å². The van der Waals surface area contributed by atoms with Gasteiger partial charge in [-0.3, -0.25) is 14.2 Å². The number of hydrogen-bond donors (Lipinski definition) is 0. The summed E-state index contributed by atoms with van der Waals surface area (Å²) < 4.78 is 1.91. The summed E-state index contributed by atoms with van der Waals surface area (Å²) in [5, 5.41) is 0. The molecule has 0 aliphatic heterocycles. The molecule has 25 heavy (non-hydrogen) atoms. The maximum Gasteiger partial charge on any atom is 0.342 e. The van der Waals surface area contributed by atoms with Crippen LogP contribution >= 0.6 is 0 Å². The average molecular weight is 332 g/mol. The van der Waals surface area contributed by atoms with Crippen molar-refractivity contribution < 1.29 is 4.79 Å². The van der Waals surface area contributed by atoms with E-state index < -0.39 is 17.2 Å². The van der Waals surface area contributed by atoms with Crippen molar-refractivity contribution in [2.75, 3.05) is 0 Å². The number of carbonyl (C=O) groups excluding carboxylic acids is 1. The predicted molar refractivity (Wildman–Crippen MR) is 97.5 cm³/mol. The third kappa shape index (κ3) is 3.40. The highest BCUT2D eigenvalue weighted by Crippen LogP contribution is 2.03. The van der Waals surface area contributed by atoms with Gasteiger partial charge in [-0.2, -0.15) is 4.57 Å². The number of carbonyl (C=O) groups is 1. The summed E-state index contributed by atoms with van der Waals surface area (Å²) in [5.41, 5.74) is 0.187. The number of aromatic nitrogens is 2. The second-order valence-electron chi connectivity index (χ2n) is 5.54. The van der Waals surface area contributed by atoms with Gasteiger partial charge >= 0.3 is 5.69 Å². The van der Waals surface area contributed by atoms with Gasteiger partial charge in [0.15, 0.2) is 0 Å². The molecule has 5 nitrogen and oxygen atoms in total. The Labute approximate surface area is 144 Å². The second-order valence-corrected chi connectivity index (χ2v) is 5.54. The van der Waals surface area contributed by atoms with E-state index in [1.165, 1.54) is 10.8 Å². The highest BCUT2D eigenvalue weighted by Gasteiger charge is 2.16. The quantitative estimate of drug-likeness (QED) is 0.741. The van der Waals surface area contributed by atoms with E-state index in [9.17, 15) is 14.4 Å². The van der Waals surface area contributed by atoms with Crippen molar-refractivity contribution in [3.05, 3.63) is 104 Å². The van der Waals surface area contributed by atoms with Gasteiger partial charge in [0.25, 0.3) is 11.5 Å². The molecule has 1 aromatic heterocycles. The Bertz CT molecular complexity index is 1050. The highest BCUT2D eigenvalue weighted by molar-refractivity contribution is 5.95. The summed E-state index contributed by atoms with van der Waals surface area (Å²) in [6.45, 7) is 1.57. The number of benzene rings is 2. The highest BCUT2D eigenvalue weighted by atomic mass is 16.2. The molecule has 0 aliphatic rings. The Kier molecular flexibility index (Phi) is 4.57. The topological polar surface area (TPSA) is 61.1 Å². The van der Waals surface area contributed by atoms with Gasteiger partial charge in [-0.1, -0.05) is 48.5 Å². The van der Waals surface area contributed by atoms with Gasteiger partial charge < -0.3 is 0 Å². The minimum atomic E-state index is -0.698. The summed E-state index contributed by atoms with van der Waals surface area (Å²) >= 11 is 0. The predicted octanol–water partition coefficient (Wildman–Crippen LogP) is 2.63. The van der Waals surface area contributed by atoms with Crippen molar-refractivity contribution in [2.45, 2.75) is 6.92 Å². The lowest BCUT2D eigenvalue weighted by Gasteiger charge is -2.08. The third-order valence-corrected chi connectivity index (χ3v) is 3.74. The molecule has 0 saturated carbocycles. The molecule has 124 valence electrons. The first-order valence-corrected chi connectivity index (χ1v) is 7.76. The van der Waals surface area contributed by atoms with Crippen LogP contribution in [0.2, 0.25) is 0 Å². The van der Waals surface area contributed by atoms with E-state index in [2.05, 4.69) is 0 Å². The SMILES string of the molecule is Cc1cn(/C=C/c2ccccc2)c(=O)n(C(=O)c2ccccc2)c1=O. The van der Waals surface area contributed by atoms with Crippen LogP contribution in [-0.4, -0.2) is 15.0 Å². The molecule has 0 amide bonds. The normalized spacial score (nSPS) is 10.9. The van der Waals surface area contributed by atoms with Gasteiger partial charge in [-0.05, 0) is 30.7 Å². The van der Waals surface area contributed by atoms with Crippen molar-refractivity contribution in [1.29, 1.82) is 0 Å². The molecule has 1 heterocycles. The largest absolute Gasteiger partial charge is 0.342 e. The lowest BCUT2D eigenvalue weighted by Crippen LogP contribution is -2.43. The van der Waals surface area contributed by atoms with E-state index in [1.807, 2.05) is 30.3 Å². The number of hydrogen-bond acceptors (Lipinski definition) is 3. The Morgan fingerprint density at radius 2 is 1.52 bits per heavy atom. The average Bonchev–Trinajstić information content (AvgIpc) is 2.65. The van der Waals surface area contributed by atoms with Crippen molar-refractivity contribution in [3.8, 4) is 0 Å². The Hall–Kier alpha value is -3.47. The van der Waals surface area contributed by atoms with Gasteiger partial charge in [-0.15, -0.1) is 0 Å². The molecule has 0 aliphatic carbocycles. The van der Waals surface area contributed by atoms with Gasteiger partial charge in [0.1, 0.15) is 0 Å². The van der Waals surface area contributed by atoms with Crippen LogP contribution < -0.4 is 11.2 Å². The van der Waals surface area contributed by atoms with Crippen LogP contribution in [0, 0.1) is 6.92 Å². The third-order valence-electron chi connectivity index (χ3n) is 3.74. The fourth-order valence-corrected chi connectivity index (χ4v) is 2.42. The molecule has 3 aromatic rings. The lowest BCUT2D eigenvalue weighted by molar-refractivity contribution is 0.0949. The zero-order valence-corrected chi connectivity index (χ0v) is 13.6. The summed E-state index contributed by atoms with van der Waals surface area (Å²) in [4.78, 5) is 37.6. The first kappa shape index (κ1) is 16.4. The zero-order chi connectivity index (χ0) is 17.8. The molecule has 0 saturated heterocycles. The molecule has 0 radical (unpaired) electrons. The minimum absolute atomic E-state index is 0.283. The van der Waals surface area contributed by atoms with E-state index in [0.717, 1.165) is 5.56 Å². The fourth-order valence-electron chi connectivity index (χ4n) is 2.42. The van der Waals surface area contributed by atoms with Crippen LogP contribution in [0.1, 0.15) is 21.5 Å². The lowest BCUT2D eigenvalue weighted by atomic mass is 10.2. The molecule has 2 aromatic carbocycles. The summed E-state index contributed by atoms with van der Waals surface area (Å²) in [7, 11) is 0. The Morgan fingerprint density at radius 3 is 2.16 bits per heavy atom. The van der Waals surface area contributed by atoms with Crippen molar-refractivity contribution in [2.24, 2.45) is 0 Å². The molecule has 0 spiro atoms. The molecule has 3 rings (SSSR count). The van der Waals surface area contributed by atoms with Crippen LogP contribution in [0.4, 0.5) is 0 Å². The van der Waals surface area contributed by atoms with E-state index in [1.54, 1.807) is 49.5 Å². The van der Waals surface area contributed by atoms with Gasteiger partial charge in [0.2, 0.25) is 0 Å². The fraction of sp³-hybridized carbons (Fsp3) is 0.0500. The van der Waals surface area contributed by atoms with E-state index >= 15 is 0 Å². The van der Waals surface area contributed by atoms with Crippen molar-refractivity contribution in [1.82, 2.24) is 9.13 Å². The molecule has 0 N–H and O–H groups in total. The van der Waals surface area contributed by atoms with Crippen LogP contribution in [0.15, 0.2) is 76.4 Å². The summed E-state index contributed by atoms with van der Waals surface area (Å²) in [6, 6.07) is 17.7. The van der Waals surface area contributed by atoms with Crippen LogP contribution in [-0.2, 0) is 0 Å². The first-order chi connectivity index (χ1) is 12.1. The molecule has 0 fully saturated rings. The van der Waals surface area contributed by atoms with Gasteiger partial charge in [0.05, 0.1) is 0 Å². The number of aryl methyl sites for hydroxylation is 1. The summed E-state index contributed by atoms with van der Waals surface area (Å²) in [6.07, 6.45) is 4.71. The second kappa shape index (κ2) is 6.97. The van der Waals surface area contributed by atoms with E-state index in [0.29, 0.717) is 10.1 Å². The minimum Gasteiger partial charge on any atom is -0.275 e.